The predicted octanol–water partition coefficient (Wildman–Crippen LogP) is 2.66. The fourth-order valence-corrected chi connectivity index (χ4v) is 3.17. The molecule has 0 bridgehead atoms. The number of methoxy groups -OCH3 is 1. The average molecular weight is 274 g/mol. The van der Waals surface area contributed by atoms with Gasteiger partial charge in [0.2, 0.25) is 0 Å². The molecule has 0 amide bonds. The van der Waals surface area contributed by atoms with Gasteiger partial charge in [0.25, 0.3) is 0 Å². The van der Waals surface area contributed by atoms with Gasteiger partial charge in [-0.05, 0) is 24.2 Å². The quantitative estimate of drug-likeness (QED) is 0.852. The zero-order valence-corrected chi connectivity index (χ0v) is 12.2. The van der Waals surface area contributed by atoms with Gasteiger partial charge >= 0.3 is 0 Å². The Balaban J connectivity index is 2.32. The van der Waals surface area contributed by atoms with Crippen molar-refractivity contribution in [3.8, 4) is 5.75 Å². The molecule has 3 rings (SSSR count). The van der Waals surface area contributed by atoms with Gasteiger partial charge in [0.05, 0.1) is 7.11 Å². The van der Waals surface area contributed by atoms with E-state index in [0.29, 0.717) is 0 Å². The summed E-state index contributed by atoms with van der Waals surface area (Å²) in [5, 5.41) is 1.17. The minimum atomic E-state index is 0.738. The van der Waals surface area contributed by atoms with E-state index in [0.717, 1.165) is 36.5 Å². The molecule has 0 fully saturated rings. The summed E-state index contributed by atoms with van der Waals surface area (Å²) in [4.78, 5) is 7.18. The van der Waals surface area contributed by atoms with E-state index in [1.54, 1.807) is 7.11 Å². The second-order valence-electron chi connectivity index (χ2n) is 5.02. The van der Waals surface area contributed by atoms with Gasteiger partial charge in [-0.25, -0.2) is 4.98 Å². The van der Waals surface area contributed by atoms with Crippen LogP contribution in [-0.4, -0.2) is 30.6 Å². The molecule has 4 heteroatoms. The van der Waals surface area contributed by atoms with Crippen molar-refractivity contribution in [3.63, 3.8) is 0 Å². The second-order valence-corrected chi connectivity index (χ2v) is 5.33. The van der Waals surface area contributed by atoms with Crippen LogP contribution in [0.2, 0.25) is 0 Å². The van der Waals surface area contributed by atoms with Gasteiger partial charge in [0.1, 0.15) is 11.3 Å². The van der Waals surface area contributed by atoms with Crippen LogP contribution in [-0.2, 0) is 18.7 Å². The fourth-order valence-electron chi connectivity index (χ4n) is 2.80. The Bertz CT molecular complexity index is 627. The molecule has 0 atom stereocenters. The number of hydrogen-bond acceptors (Lipinski definition) is 4. The Labute approximate surface area is 119 Å². The number of hydrogen-bond donors (Lipinski definition) is 1. The Morgan fingerprint density at radius 3 is 3.00 bits per heavy atom. The molecule has 1 aromatic heterocycles. The number of para-hydroxylation sites is 1. The summed E-state index contributed by atoms with van der Waals surface area (Å²) >= 11 is 4.53. The maximum absolute atomic E-state index is 5.44. The molecule has 0 saturated carbocycles. The molecule has 3 nitrogen and oxygen atoms in total. The van der Waals surface area contributed by atoms with E-state index in [2.05, 4.69) is 30.6 Å². The molecule has 0 aliphatic carbocycles. The van der Waals surface area contributed by atoms with E-state index in [-0.39, 0.29) is 0 Å². The Hall–Kier alpha value is -1.26. The number of rotatable bonds is 2. The zero-order chi connectivity index (χ0) is 13.4. The van der Waals surface area contributed by atoms with Gasteiger partial charge in [-0.2, -0.15) is 12.6 Å². The number of pyridine rings is 1. The molecule has 0 spiro atoms. The third-order valence-corrected chi connectivity index (χ3v) is 4.14. The minimum absolute atomic E-state index is 0.738. The lowest BCUT2D eigenvalue weighted by molar-refractivity contribution is 0.309. The number of ether oxygens (including phenoxy) is 1. The maximum atomic E-state index is 5.44. The summed E-state index contributed by atoms with van der Waals surface area (Å²) < 4.78 is 5.44. The molecule has 100 valence electrons. The molecule has 0 N–H and O–H groups in total. The van der Waals surface area contributed by atoms with Crippen LogP contribution in [0.5, 0.6) is 5.75 Å². The Morgan fingerprint density at radius 2 is 2.26 bits per heavy atom. The highest BCUT2D eigenvalue weighted by Crippen LogP contribution is 2.32. The molecular weight excluding hydrogens is 256 g/mol. The van der Waals surface area contributed by atoms with Crippen LogP contribution >= 0.6 is 12.6 Å². The van der Waals surface area contributed by atoms with E-state index < -0.39 is 0 Å². The topological polar surface area (TPSA) is 25.4 Å². The third-order valence-electron chi connectivity index (χ3n) is 3.82. The highest BCUT2D eigenvalue weighted by atomic mass is 32.1. The first kappa shape index (κ1) is 12.8. The molecule has 2 aromatic rings. The molecule has 19 heavy (non-hydrogen) atoms. The number of benzene rings is 1. The van der Waals surface area contributed by atoms with Gasteiger partial charge in [0.15, 0.2) is 0 Å². The van der Waals surface area contributed by atoms with Crippen molar-refractivity contribution in [3.05, 3.63) is 35.0 Å². The van der Waals surface area contributed by atoms with E-state index in [1.807, 2.05) is 12.1 Å². The zero-order valence-electron chi connectivity index (χ0n) is 11.3. The number of fused-ring (bicyclic) bond motifs is 2. The van der Waals surface area contributed by atoms with E-state index >= 15 is 0 Å². The smallest absolute Gasteiger partial charge is 0.145 e. The summed E-state index contributed by atoms with van der Waals surface area (Å²) in [5.41, 5.74) is 4.83. The van der Waals surface area contributed by atoms with Crippen molar-refractivity contribution in [1.29, 1.82) is 0 Å². The summed E-state index contributed by atoms with van der Waals surface area (Å²) in [7, 11) is 3.85. The molecule has 2 heterocycles. The van der Waals surface area contributed by atoms with Crippen molar-refractivity contribution in [2.24, 2.45) is 0 Å². The normalized spacial score (nSPS) is 15.5. The Morgan fingerprint density at radius 1 is 1.42 bits per heavy atom. The highest BCUT2D eigenvalue weighted by Gasteiger charge is 2.20. The molecule has 0 unspecified atom stereocenters. The molecule has 1 aromatic carbocycles. The lowest BCUT2D eigenvalue weighted by Gasteiger charge is -2.27. The fraction of sp³-hybridized carbons (Fsp3) is 0.400. The first-order valence-electron chi connectivity index (χ1n) is 6.51. The predicted molar refractivity (Wildman–Crippen MR) is 81.0 cm³/mol. The monoisotopic (exact) mass is 274 g/mol. The average Bonchev–Trinajstić information content (AvgIpc) is 2.44. The van der Waals surface area contributed by atoms with E-state index in [9.17, 15) is 0 Å². The van der Waals surface area contributed by atoms with Gasteiger partial charge in [-0.15, -0.1) is 0 Å². The molecule has 1 aliphatic rings. The van der Waals surface area contributed by atoms with Crippen molar-refractivity contribution < 1.29 is 4.74 Å². The van der Waals surface area contributed by atoms with Crippen LogP contribution in [0.25, 0.3) is 10.9 Å². The number of likely N-dealkylation sites (N-methyl/N-ethyl adjacent to an activating group) is 1. The van der Waals surface area contributed by atoms with Crippen LogP contribution in [0.1, 0.15) is 16.8 Å². The maximum Gasteiger partial charge on any atom is 0.145 e. The van der Waals surface area contributed by atoms with E-state index in [1.165, 1.54) is 22.2 Å². The van der Waals surface area contributed by atoms with E-state index in [4.69, 9.17) is 9.72 Å². The number of aromatic nitrogens is 1. The van der Waals surface area contributed by atoms with Crippen LogP contribution < -0.4 is 4.74 Å². The number of thiol groups is 1. The van der Waals surface area contributed by atoms with Gasteiger partial charge in [-0.3, -0.25) is 0 Å². The van der Waals surface area contributed by atoms with Crippen molar-refractivity contribution in [2.75, 3.05) is 20.7 Å². The van der Waals surface area contributed by atoms with Crippen molar-refractivity contribution in [1.82, 2.24) is 9.88 Å². The Kier molecular flexibility index (Phi) is 3.37. The summed E-state index contributed by atoms with van der Waals surface area (Å²) in [6.07, 6.45) is 1.00. The molecule has 0 radical (unpaired) electrons. The van der Waals surface area contributed by atoms with Crippen LogP contribution in [0.3, 0.4) is 0 Å². The first-order valence-corrected chi connectivity index (χ1v) is 7.14. The van der Waals surface area contributed by atoms with Crippen LogP contribution in [0.4, 0.5) is 0 Å². The van der Waals surface area contributed by atoms with Crippen molar-refractivity contribution >= 4 is 23.5 Å². The van der Waals surface area contributed by atoms with Gasteiger partial charge < -0.3 is 9.64 Å². The van der Waals surface area contributed by atoms with Crippen LogP contribution in [0.15, 0.2) is 18.2 Å². The standard InChI is InChI=1S/C15H18N2OS/c1-17-7-6-13-11(8-17)12(9-19)10-4-3-5-14(18-2)15(10)16-13/h3-5,19H,6-9H2,1-2H3. The highest BCUT2D eigenvalue weighted by molar-refractivity contribution is 7.79. The molecule has 1 aliphatic heterocycles. The van der Waals surface area contributed by atoms with Crippen molar-refractivity contribution in [2.45, 2.75) is 18.7 Å². The van der Waals surface area contributed by atoms with Crippen LogP contribution in [0, 0.1) is 0 Å². The summed E-state index contributed by atoms with van der Waals surface area (Å²) in [6.45, 7) is 2.03. The minimum Gasteiger partial charge on any atom is -0.494 e. The third kappa shape index (κ3) is 2.09. The second kappa shape index (κ2) is 5.02. The summed E-state index contributed by atoms with van der Waals surface area (Å²) in [5.74, 6) is 1.59. The first-order chi connectivity index (χ1) is 9.24. The number of nitrogens with zero attached hydrogens (tertiary/aromatic N) is 2. The lowest BCUT2D eigenvalue weighted by Crippen LogP contribution is -2.28. The molecular formula is C15H18N2OS. The summed E-state index contributed by atoms with van der Waals surface area (Å²) in [6, 6.07) is 6.11. The van der Waals surface area contributed by atoms with Gasteiger partial charge in [0, 0.05) is 36.3 Å². The lowest BCUT2D eigenvalue weighted by atomic mass is 9.97. The molecule has 0 saturated heterocycles. The van der Waals surface area contributed by atoms with Gasteiger partial charge in [-0.1, -0.05) is 12.1 Å². The largest absolute Gasteiger partial charge is 0.494 e. The SMILES string of the molecule is COc1cccc2c(CS)c3c(nc12)CCN(C)C3.